The minimum Gasteiger partial charge on any atom is -0.434 e. The summed E-state index contributed by atoms with van der Waals surface area (Å²) in [6, 6.07) is 12.8. The van der Waals surface area contributed by atoms with E-state index in [1.807, 2.05) is 18.2 Å². The van der Waals surface area contributed by atoms with E-state index in [0.717, 1.165) is 22.1 Å². The first-order chi connectivity index (χ1) is 10.1. The fourth-order valence-corrected chi connectivity index (χ4v) is 2.49. The summed E-state index contributed by atoms with van der Waals surface area (Å²) in [4.78, 5) is 0. The van der Waals surface area contributed by atoms with Crippen molar-refractivity contribution in [3.8, 4) is 5.75 Å². The number of ether oxygens (including phenoxy) is 1. The molecule has 2 aromatic rings. The van der Waals surface area contributed by atoms with Gasteiger partial charge in [0.25, 0.3) is 0 Å². The van der Waals surface area contributed by atoms with Crippen LogP contribution in [0.2, 0.25) is 0 Å². The van der Waals surface area contributed by atoms with Crippen molar-refractivity contribution in [3.63, 3.8) is 0 Å². The molecule has 0 heterocycles. The van der Waals surface area contributed by atoms with E-state index in [9.17, 15) is 8.78 Å². The van der Waals surface area contributed by atoms with Crippen molar-refractivity contribution in [2.75, 3.05) is 5.32 Å². The van der Waals surface area contributed by atoms with E-state index in [-0.39, 0.29) is 5.75 Å². The number of aryl methyl sites for hydroxylation is 1. The molecule has 0 unspecified atom stereocenters. The van der Waals surface area contributed by atoms with Crippen molar-refractivity contribution >= 4 is 21.6 Å². The van der Waals surface area contributed by atoms with Crippen molar-refractivity contribution in [1.29, 1.82) is 0 Å². The maximum absolute atomic E-state index is 12.4. The first kappa shape index (κ1) is 15.8. The number of benzene rings is 2. The molecule has 2 aromatic carbocycles. The second-order valence-electron chi connectivity index (χ2n) is 4.49. The number of hydrogen-bond donors (Lipinski definition) is 1. The SMILES string of the molecule is CCc1cc(Br)ccc1NCc1ccccc1OC(F)F. The summed E-state index contributed by atoms with van der Waals surface area (Å²) in [5.41, 5.74) is 2.85. The molecule has 0 bridgehead atoms. The molecule has 1 N–H and O–H groups in total. The number of anilines is 1. The molecule has 0 saturated carbocycles. The lowest BCUT2D eigenvalue weighted by Crippen LogP contribution is -2.07. The molecule has 0 aromatic heterocycles. The third kappa shape index (κ3) is 4.43. The molecule has 2 nitrogen and oxygen atoms in total. The highest BCUT2D eigenvalue weighted by atomic mass is 79.9. The van der Waals surface area contributed by atoms with Crippen molar-refractivity contribution in [2.24, 2.45) is 0 Å². The molecular formula is C16H16BrF2NO. The zero-order valence-electron chi connectivity index (χ0n) is 11.6. The molecule has 21 heavy (non-hydrogen) atoms. The molecule has 0 spiro atoms. The summed E-state index contributed by atoms with van der Waals surface area (Å²) in [6.07, 6.45) is 0.886. The van der Waals surface area contributed by atoms with Gasteiger partial charge in [0.1, 0.15) is 5.75 Å². The van der Waals surface area contributed by atoms with Gasteiger partial charge in [-0.2, -0.15) is 8.78 Å². The Morgan fingerprint density at radius 1 is 1.14 bits per heavy atom. The summed E-state index contributed by atoms with van der Waals surface area (Å²) in [5, 5.41) is 3.28. The van der Waals surface area contributed by atoms with Crippen LogP contribution >= 0.6 is 15.9 Å². The third-order valence-electron chi connectivity index (χ3n) is 3.11. The van der Waals surface area contributed by atoms with Gasteiger partial charge in [-0.1, -0.05) is 41.1 Å². The average molecular weight is 356 g/mol. The zero-order chi connectivity index (χ0) is 15.2. The number of halogens is 3. The van der Waals surface area contributed by atoms with Crippen LogP contribution in [0.5, 0.6) is 5.75 Å². The Morgan fingerprint density at radius 3 is 2.62 bits per heavy atom. The molecule has 0 fully saturated rings. The van der Waals surface area contributed by atoms with Gasteiger partial charge in [-0.05, 0) is 36.2 Å². The summed E-state index contributed by atoms with van der Waals surface area (Å²) in [5.74, 6) is 0.204. The average Bonchev–Trinajstić information content (AvgIpc) is 2.46. The summed E-state index contributed by atoms with van der Waals surface area (Å²) in [7, 11) is 0. The molecule has 0 aliphatic heterocycles. The molecule has 0 amide bonds. The Hall–Kier alpha value is -1.62. The molecule has 0 saturated heterocycles. The highest BCUT2D eigenvalue weighted by molar-refractivity contribution is 9.10. The lowest BCUT2D eigenvalue weighted by molar-refractivity contribution is -0.0504. The molecule has 0 aliphatic rings. The van der Waals surface area contributed by atoms with E-state index in [1.165, 1.54) is 0 Å². The molecular weight excluding hydrogens is 340 g/mol. The van der Waals surface area contributed by atoms with Gasteiger partial charge in [0.2, 0.25) is 0 Å². The number of hydrogen-bond acceptors (Lipinski definition) is 2. The smallest absolute Gasteiger partial charge is 0.387 e. The van der Waals surface area contributed by atoms with Gasteiger partial charge >= 0.3 is 6.61 Å². The predicted molar refractivity (Wildman–Crippen MR) is 83.9 cm³/mol. The quantitative estimate of drug-likeness (QED) is 0.766. The Balaban J connectivity index is 2.13. The van der Waals surface area contributed by atoms with Crippen LogP contribution in [0.4, 0.5) is 14.5 Å². The van der Waals surface area contributed by atoms with Gasteiger partial charge in [0, 0.05) is 22.3 Å². The van der Waals surface area contributed by atoms with E-state index in [4.69, 9.17) is 0 Å². The van der Waals surface area contributed by atoms with Gasteiger partial charge in [-0.25, -0.2) is 0 Å². The van der Waals surface area contributed by atoms with Gasteiger partial charge < -0.3 is 10.1 Å². The van der Waals surface area contributed by atoms with Crippen LogP contribution in [0.25, 0.3) is 0 Å². The highest BCUT2D eigenvalue weighted by Gasteiger charge is 2.09. The van der Waals surface area contributed by atoms with Gasteiger partial charge in [-0.15, -0.1) is 0 Å². The van der Waals surface area contributed by atoms with Crippen molar-refractivity contribution < 1.29 is 13.5 Å². The summed E-state index contributed by atoms with van der Waals surface area (Å²) >= 11 is 3.44. The largest absolute Gasteiger partial charge is 0.434 e. The Bertz CT molecular complexity index is 605. The molecule has 0 aliphatic carbocycles. The third-order valence-corrected chi connectivity index (χ3v) is 3.60. The first-order valence-corrected chi connectivity index (χ1v) is 7.44. The van der Waals surface area contributed by atoms with E-state index in [0.29, 0.717) is 12.1 Å². The maximum atomic E-state index is 12.4. The Labute approximate surface area is 131 Å². The monoisotopic (exact) mass is 355 g/mol. The molecule has 5 heteroatoms. The topological polar surface area (TPSA) is 21.3 Å². The van der Waals surface area contributed by atoms with Crippen LogP contribution in [0, 0.1) is 0 Å². The molecule has 0 atom stereocenters. The van der Waals surface area contributed by atoms with Crippen molar-refractivity contribution in [1.82, 2.24) is 0 Å². The van der Waals surface area contributed by atoms with Crippen LogP contribution in [-0.2, 0) is 13.0 Å². The van der Waals surface area contributed by atoms with Gasteiger partial charge in [-0.3, -0.25) is 0 Å². The number of rotatable bonds is 6. The van der Waals surface area contributed by atoms with Crippen molar-refractivity contribution in [2.45, 2.75) is 26.5 Å². The Kier molecular flexibility index (Phi) is 5.56. The minimum atomic E-state index is -2.81. The van der Waals surface area contributed by atoms with E-state index >= 15 is 0 Å². The van der Waals surface area contributed by atoms with Crippen LogP contribution in [0.3, 0.4) is 0 Å². The van der Waals surface area contributed by atoms with E-state index in [1.54, 1.807) is 24.3 Å². The number of nitrogens with one attached hydrogen (secondary N) is 1. The predicted octanol–water partition coefficient (Wildman–Crippen LogP) is 5.23. The lowest BCUT2D eigenvalue weighted by atomic mass is 10.1. The maximum Gasteiger partial charge on any atom is 0.387 e. The number of para-hydroxylation sites is 1. The summed E-state index contributed by atoms with van der Waals surface area (Å²) in [6.45, 7) is -0.316. The highest BCUT2D eigenvalue weighted by Crippen LogP contribution is 2.25. The molecule has 2 rings (SSSR count). The summed E-state index contributed by atoms with van der Waals surface area (Å²) < 4.78 is 30.3. The van der Waals surface area contributed by atoms with E-state index < -0.39 is 6.61 Å². The minimum absolute atomic E-state index is 0.204. The normalized spacial score (nSPS) is 10.7. The first-order valence-electron chi connectivity index (χ1n) is 6.65. The lowest BCUT2D eigenvalue weighted by Gasteiger charge is -2.14. The fourth-order valence-electron chi connectivity index (χ4n) is 2.08. The van der Waals surface area contributed by atoms with Gasteiger partial charge in [0.15, 0.2) is 0 Å². The van der Waals surface area contributed by atoms with Crippen LogP contribution in [0.1, 0.15) is 18.1 Å². The molecule has 112 valence electrons. The van der Waals surface area contributed by atoms with E-state index in [2.05, 4.69) is 32.9 Å². The standard InChI is InChI=1S/C16H16BrF2NO/c1-2-11-9-13(17)7-8-14(11)20-10-12-5-3-4-6-15(12)21-16(18)19/h3-9,16,20H,2,10H2,1H3. The van der Waals surface area contributed by atoms with Crippen LogP contribution in [0.15, 0.2) is 46.9 Å². The van der Waals surface area contributed by atoms with Crippen LogP contribution in [-0.4, -0.2) is 6.61 Å². The van der Waals surface area contributed by atoms with Gasteiger partial charge in [0.05, 0.1) is 0 Å². The second kappa shape index (κ2) is 7.41. The Morgan fingerprint density at radius 2 is 1.90 bits per heavy atom. The second-order valence-corrected chi connectivity index (χ2v) is 5.41. The van der Waals surface area contributed by atoms with Crippen molar-refractivity contribution in [3.05, 3.63) is 58.1 Å². The fraction of sp³-hybridized carbons (Fsp3) is 0.250. The number of alkyl halides is 2. The molecule has 0 radical (unpaired) electrons. The zero-order valence-corrected chi connectivity index (χ0v) is 13.2. The van der Waals surface area contributed by atoms with Crippen LogP contribution < -0.4 is 10.1 Å².